The van der Waals surface area contributed by atoms with E-state index < -0.39 is 6.08 Å². The molecule has 1 aromatic rings. The number of unbranched alkanes of at least 4 members (excludes halogenated alkanes) is 1. The predicted molar refractivity (Wildman–Crippen MR) is 75.3 cm³/mol. The average molecular weight is 303 g/mol. The minimum Gasteiger partial charge on any atom is -0.461 e. The SMILES string of the molecule is CCc1nc(C)c(C(=O)OCCCCC(C)=C(F)F)s1. The van der Waals surface area contributed by atoms with E-state index in [0.29, 0.717) is 29.8 Å². The standard InChI is InChI=1S/C14H19F2NO2S/c1-4-11-17-10(3)12(20-11)14(18)19-8-6-5-7-9(2)13(15)16/h4-8H2,1-3H3. The highest BCUT2D eigenvalue weighted by Crippen LogP contribution is 2.20. The number of rotatable bonds is 7. The summed E-state index contributed by atoms with van der Waals surface area (Å²) in [5.74, 6) is -0.372. The molecule has 0 aliphatic carbocycles. The maximum Gasteiger partial charge on any atom is 0.350 e. The van der Waals surface area contributed by atoms with Gasteiger partial charge in [-0.05, 0) is 45.1 Å². The zero-order valence-electron chi connectivity index (χ0n) is 12.0. The number of allylic oxidation sites excluding steroid dienone is 1. The van der Waals surface area contributed by atoms with Gasteiger partial charge >= 0.3 is 5.97 Å². The van der Waals surface area contributed by atoms with Crippen LogP contribution in [0.4, 0.5) is 8.78 Å². The van der Waals surface area contributed by atoms with Crippen LogP contribution in [0.15, 0.2) is 11.7 Å². The molecule has 0 saturated carbocycles. The van der Waals surface area contributed by atoms with E-state index in [9.17, 15) is 13.6 Å². The van der Waals surface area contributed by atoms with E-state index in [1.54, 1.807) is 6.92 Å². The van der Waals surface area contributed by atoms with Gasteiger partial charge in [-0.25, -0.2) is 9.78 Å². The van der Waals surface area contributed by atoms with Crippen LogP contribution in [0, 0.1) is 6.92 Å². The Balaban J connectivity index is 2.33. The van der Waals surface area contributed by atoms with Crippen molar-refractivity contribution >= 4 is 17.3 Å². The maximum absolute atomic E-state index is 12.2. The molecule has 0 fully saturated rings. The Morgan fingerprint density at radius 1 is 1.35 bits per heavy atom. The molecule has 1 heterocycles. The van der Waals surface area contributed by atoms with Gasteiger partial charge in [0.05, 0.1) is 17.3 Å². The Kier molecular flexibility index (Phi) is 6.78. The molecule has 3 nitrogen and oxygen atoms in total. The molecule has 1 aromatic heterocycles. The van der Waals surface area contributed by atoms with Gasteiger partial charge in [-0.1, -0.05) is 6.92 Å². The number of carbonyl (C=O) groups is 1. The number of nitrogens with zero attached hydrogens (tertiary/aromatic N) is 1. The molecule has 0 spiro atoms. The van der Waals surface area contributed by atoms with Gasteiger partial charge in [0, 0.05) is 0 Å². The van der Waals surface area contributed by atoms with Crippen molar-refractivity contribution in [2.24, 2.45) is 0 Å². The highest BCUT2D eigenvalue weighted by atomic mass is 32.1. The molecule has 0 atom stereocenters. The molecule has 0 radical (unpaired) electrons. The topological polar surface area (TPSA) is 39.2 Å². The second-order valence-corrected chi connectivity index (χ2v) is 5.59. The first-order valence-electron chi connectivity index (χ1n) is 6.59. The number of carbonyl (C=O) groups excluding carboxylic acids is 1. The van der Waals surface area contributed by atoms with Crippen LogP contribution < -0.4 is 0 Å². The number of hydrogen-bond acceptors (Lipinski definition) is 4. The highest BCUT2D eigenvalue weighted by Gasteiger charge is 2.15. The molecule has 0 aliphatic rings. The molecule has 0 aliphatic heterocycles. The minimum atomic E-state index is -1.62. The van der Waals surface area contributed by atoms with Crippen molar-refractivity contribution in [2.45, 2.75) is 46.5 Å². The number of halogens is 2. The number of esters is 1. The van der Waals surface area contributed by atoms with Gasteiger partial charge in [-0.2, -0.15) is 8.78 Å². The Labute approximate surface area is 121 Å². The van der Waals surface area contributed by atoms with Gasteiger partial charge in [-0.3, -0.25) is 0 Å². The first-order chi connectivity index (χ1) is 9.45. The second-order valence-electron chi connectivity index (χ2n) is 4.51. The summed E-state index contributed by atoms with van der Waals surface area (Å²) in [6, 6.07) is 0. The highest BCUT2D eigenvalue weighted by molar-refractivity contribution is 7.13. The molecule has 1 rings (SSSR count). The lowest BCUT2D eigenvalue weighted by Crippen LogP contribution is -2.06. The largest absolute Gasteiger partial charge is 0.461 e. The maximum atomic E-state index is 12.2. The summed E-state index contributed by atoms with van der Waals surface area (Å²) in [4.78, 5) is 16.6. The molecule has 0 amide bonds. The molecule has 112 valence electrons. The molecule has 0 bridgehead atoms. The van der Waals surface area contributed by atoms with Crippen LogP contribution in [0.3, 0.4) is 0 Å². The van der Waals surface area contributed by atoms with Crippen molar-refractivity contribution < 1.29 is 18.3 Å². The minimum absolute atomic E-state index is 0.0993. The van der Waals surface area contributed by atoms with Gasteiger partial charge in [0.15, 0.2) is 0 Å². The van der Waals surface area contributed by atoms with Crippen molar-refractivity contribution in [1.82, 2.24) is 4.98 Å². The summed E-state index contributed by atoms with van der Waals surface area (Å²) >= 11 is 1.35. The van der Waals surface area contributed by atoms with Crippen LogP contribution in [-0.4, -0.2) is 17.6 Å². The molecule has 0 unspecified atom stereocenters. The van der Waals surface area contributed by atoms with E-state index in [4.69, 9.17) is 4.74 Å². The normalized spacial score (nSPS) is 10.4. The van der Waals surface area contributed by atoms with E-state index in [1.165, 1.54) is 18.3 Å². The van der Waals surface area contributed by atoms with Crippen molar-refractivity contribution in [1.29, 1.82) is 0 Å². The van der Waals surface area contributed by atoms with E-state index >= 15 is 0 Å². The van der Waals surface area contributed by atoms with Crippen LogP contribution in [-0.2, 0) is 11.2 Å². The fourth-order valence-electron chi connectivity index (χ4n) is 1.61. The number of ether oxygens (including phenoxy) is 1. The van der Waals surface area contributed by atoms with Gasteiger partial charge in [0.25, 0.3) is 6.08 Å². The second kappa shape index (κ2) is 8.09. The van der Waals surface area contributed by atoms with E-state index in [-0.39, 0.29) is 18.1 Å². The Hall–Kier alpha value is -1.30. The molecule has 0 aromatic carbocycles. The monoisotopic (exact) mass is 303 g/mol. The quantitative estimate of drug-likeness (QED) is 0.549. The van der Waals surface area contributed by atoms with Crippen LogP contribution in [0.5, 0.6) is 0 Å². The summed E-state index contributed by atoms with van der Waals surface area (Å²) in [5.41, 5.74) is 0.789. The Morgan fingerprint density at radius 3 is 2.60 bits per heavy atom. The molecule has 0 saturated heterocycles. The van der Waals surface area contributed by atoms with Crippen LogP contribution in [0.25, 0.3) is 0 Å². The molecular weight excluding hydrogens is 284 g/mol. The smallest absolute Gasteiger partial charge is 0.350 e. The first-order valence-corrected chi connectivity index (χ1v) is 7.41. The van der Waals surface area contributed by atoms with Gasteiger partial charge in [0.1, 0.15) is 4.88 Å². The van der Waals surface area contributed by atoms with Crippen molar-refractivity contribution in [3.8, 4) is 0 Å². The number of hydrogen-bond donors (Lipinski definition) is 0. The van der Waals surface area contributed by atoms with Crippen molar-refractivity contribution in [2.75, 3.05) is 6.61 Å². The Bertz CT molecular complexity index is 493. The van der Waals surface area contributed by atoms with E-state index in [1.807, 2.05) is 6.92 Å². The molecule has 0 N–H and O–H groups in total. The fraction of sp³-hybridized carbons (Fsp3) is 0.571. The number of aryl methyl sites for hydroxylation is 2. The summed E-state index contributed by atoms with van der Waals surface area (Å²) < 4.78 is 29.4. The molecular formula is C14H19F2NO2S. The van der Waals surface area contributed by atoms with Gasteiger partial charge in [0.2, 0.25) is 0 Å². The van der Waals surface area contributed by atoms with Crippen molar-refractivity contribution in [3.05, 3.63) is 27.2 Å². The molecule has 6 heteroatoms. The summed E-state index contributed by atoms with van der Waals surface area (Å²) in [7, 11) is 0. The summed E-state index contributed by atoms with van der Waals surface area (Å²) in [5, 5.41) is 0.911. The number of thiazole rings is 1. The lowest BCUT2D eigenvalue weighted by atomic mass is 10.1. The lowest BCUT2D eigenvalue weighted by molar-refractivity contribution is 0.0503. The third-order valence-corrected chi connectivity index (χ3v) is 4.11. The summed E-state index contributed by atoms with van der Waals surface area (Å²) in [6.45, 7) is 5.42. The van der Waals surface area contributed by atoms with Gasteiger partial charge < -0.3 is 4.74 Å². The van der Waals surface area contributed by atoms with E-state index in [0.717, 1.165) is 11.4 Å². The third-order valence-electron chi connectivity index (χ3n) is 2.83. The third kappa shape index (κ3) is 5.00. The van der Waals surface area contributed by atoms with Crippen LogP contribution >= 0.6 is 11.3 Å². The molecule has 20 heavy (non-hydrogen) atoms. The average Bonchev–Trinajstić information content (AvgIpc) is 2.79. The summed E-state index contributed by atoms with van der Waals surface area (Å²) in [6.07, 6.45) is 0.667. The predicted octanol–water partition coefficient (Wildman–Crippen LogP) is 4.51. The fourth-order valence-corrected chi connectivity index (χ4v) is 2.51. The van der Waals surface area contributed by atoms with Crippen LogP contribution in [0.1, 0.15) is 53.5 Å². The van der Waals surface area contributed by atoms with Crippen molar-refractivity contribution in [3.63, 3.8) is 0 Å². The van der Waals surface area contributed by atoms with Gasteiger partial charge in [-0.15, -0.1) is 11.3 Å². The van der Waals surface area contributed by atoms with E-state index in [2.05, 4.69) is 4.98 Å². The zero-order valence-corrected chi connectivity index (χ0v) is 12.8. The zero-order chi connectivity index (χ0) is 15.1. The number of aromatic nitrogens is 1. The lowest BCUT2D eigenvalue weighted by Gasteiger charge is -2.04. The first kappa shape index (κ1) is 16.8. The van der Waals surface area contributed by atoms with Crippen LogP contribution in [0.2, 0.25) is 0 Å². The Morgan fingerprint density at radius 2 is 2.05 bits per heavy atom.